The molecule has 210 valence electrons. The molecule has 4 aromatic rings. The summed E-state index contributed by atoms with van der Waals surface area (Å²) < 4.78 is 40.5. The number of rotatable bonds is 6. The summed E-state index contributed by atoms with van der Waals surface area (Å²) >= 11 is 0. The highest BCUT2D eigenvalue weighted by molar-refractivity contribution is 6.04. The molecule has 1 N–H and O–H groups in total. The van der Waals surface area contributed by atoms with E-state index in [0.717, 1.165) is 18.2 Å². The van der Waals surface area contributed by atoms with Crippen LogP contribution in [-0.4, -0.2) is 26.4 Å². The number of Topliss-reactive ketones (excluding diaryl/α,β-unsaturated/α-hetero) is 1. The van der Waals surface area contributed by atoms with Crippen molar-refractivity contribution in [2.45, 2.75) is 39.4 Å². The molecule has 0 bridgehead atoms. The van der Waals surface area contributed by atoms with Crippen molar-refractivity contribution in [2.24, 2.45) is 5.41 Å². The zero-order chi connectivity index (χ0) is 29.5. The second-order valence-electron chi connectivity index (χ2n) is 10.7. The molecule has 1 aliphatic carbocycles. The molecule has 0 radical (unpaired) electrons. The number of amides is 1. The topological polar surface area (TPSA) is 107 Å². The van der Waals surface area contributed by atoms with Crippen LogP contribution in [0.5, 0.6) is 0 Å². The molecule has 0 fully saturated rings. The first kappa shape index (κ1) is 27.8. The van der Waals surface area contributed by atoms with Crippen LogP contribution in [-0.2, 0) is 19.1 Å². The third-order valence-electron chi connectivity index (χ3n) is 6.96. The summed E-state index contributed by atoms with van der Waals surface area (Å²) in [6.07, 6.45) is -3.77. The van der Waals surface area contributed by atoms with Gasteiger partial charge in [0, 0.05) is 30.2 Å². The number of hydrogen-bond acceptors (Lipinski definition) is 5. The van der Waals surface area contributed by atoms with E-state index in [-0.39, 0.29) is 29.1 Å². The molecule has 8 nitrogen and oxygen atoms in total. The van der Waals surface area contributed by atoms with Gasteiger partial charge in [0.25, 0.3) is 11.6 Å². The van der Waals surface area contributed by atoms with E-state index in [1.165, 1.54) is 28.9 Å². The van der Waals surface area contributed by atoms with E-state index >= 15 is 0 Å². The van der Waals surface area contributed by atoms with Crippen molar-refractivity contribution in [1.29, 1.82) is 0 Å². The maximum atomic E-state index is 13.3. The number of ketones is 1. The number of alkyl halides is 3. The van der Waals surface area contributed by atoms with E-state index in [9.17, 15) is 32.9 Å². The lowest BCUT2D eigenvalue weighted by Crippen LogP contribution is -2.28. The number of nitrogens with zero attached hydrogens (tertiary/aromatic N) is 3. The largest absolute Gasteiger partial charge is 0.416 e. The van der Waals surface area contributed by atoms with E-state index in [1.807, 2.05) is 44.2 Å². The molecule has 3 aromatic carbocycles. The zero-order valence-corrected chi connectivity index (χ0v) is 22.2. The van der Waals surface area contributed by atoms with E-state index < -0.39 is 33.7 Å². The lowest BCUT2D eigenvalue weighted by molar-refractivity contribution is -0.384. The van der Waals surface area contributed by atoms with E-state index in [0.29, 0.717) is 35.4 Å². The Labute approximate surface area is 233 Å². The fourth-order valence-electron chi connectivity index (χ4n) is 5.08. The van der Waals surface area contributed by atoms with Gasteiger partial charge in [0.15, 0.2) is 5.78 Å². The second kappa shape index (κ2) is 10.3. The number of benzene rings is 3. The van der Waals surface area contributed by atoms with Crippen LogP contribution in [0.2, 0.25) is 0 Å². The predicted octanol–water partition coefficient (Wildman–Crippen LogP) is 6.55. The van der Waals surface area contributed by atoms with E-state index in [2.05, 4.69) is 10.4 Å². The SMILES string of the molecule is CC1(C)CC(=O)c2c(-c3ccccc3)nn(-c3ccc(C(=O)NCc4cccc(C(F)(F)F)c4)cc3[N+](=O)[O-])c2C1. The highest BCUT2D eigenvalue weighted by Gasteiger charge is 2.38. The van der Waals surface area contributed by atoms with Crippen LogP contribution in [0, 0.1) is 15.5 Å². The van der Waals surface area contributed by atoms with Gasteiger partial charge in [-0.3, -0.25) is 19.7 Å². The van der Waals surface area contributed by atoms with Crippen LogP contribution >= 0.6 is 0 Å². The van der Waals surface area contributed by atoms with Gasteiger partial charge in [0.05, 0.1) is 21.7 Å². The fourth-order valence-corrected chi connectivity index (χ4v) is 5.08. The number of nitro benzene ring substituents is 1. The molecule has 0 spiro atoms. The molecule has 0 saturated carbocycles. The fraction of sp³-hybridized carbons (Fsp3) is 0.233. The number of nitrogens with one attached hydrogen (secondary N) is 1. The minimum Gasteiger partial charge on any atom is -0.348 e. The normalized spacial score (nSPS) is 14.4. The van der Waals surface area contributed by atoms with Crippen molar-refractivity contribution >= 4 is 17.4 Å². The van der Waals surface area contributed by atoms with Crippen LogP contribution in [0.4, 0.5) is 18.9 Å². The maximum Gasteiger partial charge on any atom is 0.416 e. The lowest BCUT2D eigenvalue weighted by atomic mass is 9.75. The van der Waals surface area contributed by atoms with Gasteiger partial charge in [0.1, 0.15) is 11.4 Å². The third-order valence-corrected chi connectivity index (χ3v) is 6.96. The second-order valence-corrected chi connectivity index (χ2v) is 10.7. The standard InChI is InChI=1S/C30H25F3N4O4/c1-29(2)15-24-26(25(38)16-29)27(19-8-4-3-5-9-19)35-36(24)22-12-11-20(14-23(22)37(40)41)28(39)34-17-18-7-6-10-21(13-18)30(31,32)33/h3-14H,15-17H2,1-2H3,(H,34,39). The first-order valence-electron chi connectivity index (χ1n) is 12.8. The number of aromatic nitrogens is 2. The molecule has 41 heavy (non-hydrogen) atoms. The Morgan fingerprint density at radius 2 is 1.78 bits per heavy atom. The number of carbonyl (C=O) groups excluding carboxylic acids is 2. The van der Waals surface area contributed by atoms with E-state index in [1.54, 1.807) is 0 Å². The number of halogens is 3. The summed E-state index contributed by atoms with van der Waals surface area (Å²) in [6, 6.07) is 17.5. The van der Waals surface area contributed by atoms with Crippen molar-refractivity contribution in [3.8, 4) is 16.9 Å². The zero-order valence-electron chi connectivity index (χ0n) is 22.2. The number of nitro groups is 1. The monoisotopic (exact) mass is 562 g/mol. The summed E-state index contributed by atoms with van der Waals surface area (Å²) in [5, 5.41) is 19.4. The lowest BCUT2D eigenvalue weighted by Gasteiger charge is -2.29. The van der Waals surface area contributed by atoms with Gasteiger partial charge in [-0.15, -0.1) is 0 Å². The quantitative estimate of drug-likeness (QED) is 0.212. The molecular weight excluding hydrogens is 537 g/mol. The Kier molecular flexibility index (Phi) is 6.98. The van der Waals surface area contributed by atoms with Gasteiger partial charge >= 0.3 is 6.18 Å². The highest BCUT2D eigenvalue weighted by atomic mass is 19.4. The van der Waals surface area contributed by atoms with Gasteiger partial charge in [-0.25, -0.2) is 4.68 Å². The van der Waals surface area contributed by atoms with E-state index in [4.69, 9.17) is 0 Å². The first-order valence-corrected chi connectivity index (χ1v) is 12.8. The molecule has 0 unspecified atom stereocenters. The van der Waals surface area contributed by atoms with Crippen LogP contribution in [0.1, 0.15) is 57.8 Å². The molecule has 1 aromatic heterocycles. The summed E-state index contributed by atoms with van der Waals surface area (Å²) in [6.45, 7) is 3.68. The van der Waals surface area contributed by atoms with Gasteiger partial charge in [-0.1, -0.05) is 56.3 Å². The average molecular weight is 563 g/mol. The summed E-state index contributed by atoms with van der Waals surface area (Å²) in [5.74, 6) is -0.796. The minimum absolute atomic E-state index is 0.0480. The average Bonchev–Trinajstić information content (AvgIpc) is 3.30. The summed E-state index contributed by atoms with van der Waals surface area (Å²) in [4.78, 5) is 37.7. The third kappa shape index (κ3) is 5.60. The molecule has 1 aliphatic rings. The summed E-state index contributed by atoms with van der Waals surface area (Å²) in [5.41, 5.74) is 0.726. The molecule has 5 rings (SSSR count). The number of fused-ring (bicyclic) bond motifs is 1. The van der Waals surface area contributed by atoms with Crippen molar-refractivity contribution in [2.75, 3.05) is 0 Å². The number of hydrogen-bond donors (Lipinski definition) is 1. The number of carbonyl (C=O) groups is 2. The highest BCUT2D eigenvalue weighted by Crippen LogP contribution is 2.41. The van der Waals surface area contributed by atoms with Crippen LogP contribution < -0.4 is 5.32 Å². The van der Waals surface area contributed by atoms with Crippen molar-refractivity contribution in [3.05, 3.63) is 111 Å². The molecule has 0 atom stereocenters. The maximum absolute atomic E-state index is 13.3. The van der Waals surface area contributed by atoms with Crippen LogP contribution in [0.3, 0.4) is 0 Å². The minimum atomic E-state index is -4.53. The Morgan fingerprint density at radius 3 is 2.46 bits per heavy atom. The molecule has 0 aliphatic heterocycles. The smallest absolute Gasteiger partial charge is 0.348 e. The predicted molar refractivity (Wildman–Crippen MR) is 145 cm³/mol. The van der Waals surface area contributed by atoms with Crippen molar-refractivity contribution in [3.63, 3.8) is 0 Å². The van der Waals surface area contributed by atoms with Crippen molar-refractivity contribution in [1.82, 2.24) is 15.1 Å². The summed E-state index contributed by atoms with van der Waals surface area (Å²) in [7, 11) is 0. The Bertz CT molecular complexity index is 1680. The van der Waals surface area contributed by atoms with Gasteiger partial charge in [-0.2, -0.15) is 18.3 Å². The molecular formula is C30H25F3N4O4. The molecule has 11 heteroatoms. The Hall–Kier alpha value is -4.80. The van der Waals surface area contributed by atoms with Gasteiger partial charge < -0.3 is 5.32 Å². The molecule has 1 amide bonds. The van der Waals surface area contributed by atoms with Crippen LogP contribution in [0.25, 0.3) is 16.9 Å². The van der Waals surface area contributed by atoms with Crippen molar-refractivity contribution < 1.29 is 27.7 Å². The van der Waals surface area contributed by atoms with Crippen LogP contribution in [0.15, 0.2) is 72.8 Å². The Morgan fingerprint density at radius 1 is 1.05 bits per heavy atom. The molecule has 1 heterocycles. The Balaban J connectivity index is 1.51. The van der Waals surface area contributed by atoms with Gasteiger partial charge in [-0.05, 0) is 41.7 Å². The van der Waals surface area contributed by atoms with Gasteiger partial charge in [0.2, 0.25) is 0 Å². The first-order chi connectivity index (χ1) is 19.3. The molecule has 0 saturated heterocycles.